The van der Waals surface area contributed by atoms with Crippen LogP contribution >= 0.6 is 0 Å². The van der Waals surface area contributed by atoms with Gasteiger partial charge in [0.15, 0.2) is 6.29 Å². The summed E-state index contributed by atoms with van der Waals surface area (Å²) in [6.07, 6.45) is 0.801. The van der Waals surface area contributed by atoms with Gasteiger partial charge in [-0.1, -0.05) is 16.8 Å². The Labute approximate surface area is 106 Å². The summed E-state index contributed by atoms with van der Waals surface area (Å²) in [4.78, 5) is 11.0. The van der Waals surface area contributed by atoms with Crippen LogP contribution in [0.1, 0.15) is 32.9 Å². The summed E-state index contributed by atoms with van der Waals surface area (Å²) in [7, 11) is 0. The third-order valence-electron chi connectivity index (χ3n) is 2.85. The van der Waals surface area contributed by atoms with Gasteiger partial charge in [0.05, 0.1) is 16.8 Å². The van der Waals surface area contributed by atoms with E-state index < -0.39 is 0 Å². The quantitative estimate of drug-likeness (QED) is 0.777. The van der Waals surface area contributed by atoms with Gasteiger partial charge >= 0.3 is 0 Å². The third-order valence-corrected chi connectivity index (χ3v) is 2.85. The molecule has 2 rings (SSSR count). The van der Waals surface area contributed by atoms with Crippen molar-refractivity contribution in [3.8, 4) is 5.75 Å². The van der Waals surface area contributed by atoms with E-state index in [4.69, 9.17) is 9.26 Å². The summed E-state index contributed by atoms with van der Waals surface area (Å²) in [6, 6.07) is 5.52. The lowest BCUT2D eigenvalue weighted by Gasteiger charge is -2.08. The first-order valence-corrected chi connectivity index (χ1v) is 5.72. The van der Waals surface area contributed by atoms with E-state index in [2.05, 4.69) is 5.16 Å². The van der Waals surface area contributed by atoms with E-state index in [-0.39, 0.29) is 0 Å². The van der Waals surface area contributed by atoms with Crippen molar-refractivity contribution in [2.45, 2.75) is 27.4 Å². The summed E-state index contributed by atoms with van der Waals surface area (Å²) in [5, 5.41) is 3.86. The van der Waals surface area contributed by atoms with Crippen molar-refractivity contribution < 1.29 is 14.1 Å². The van der Waals surface area contributed by atoms with Crippen LogP contribution in [0.25, 0.3) is 0 Å². The molecule has 0 saturated carbocycles. The highest BCUT2D eigenvalue weighted by molar-refractivity contribution is 5.79. The molecule has 1 aromatic heterocycles. The summed E-state index contributed by atoms with van der Waals surface area (Å²) in [6.45, 7) is 6.00. The molecule has 0 aliphatic heterocycles. The first-order chi connectivity index (χ1) is 8.61. The molecule has 4 heteroatoms. The fourth-order valence-corrected chi connectivity index (χ4v) is 1.75. The molecule has 0 fully saturated rings. The van der Waals surface area contributed by atoms with E-state index in [1.165, 1.54) is 0 Å². The molecular formula is C14H15NO3. The Balaban J connectivity index is 2.18. The lowest BCUT2D eigenvalue weighted by Crippen LogP contribution is -2.00. The highest BCUT2D eigenvalue weighted by Gasteiger charge is 2.11. The lowest BCUT2D eigenvalue weighted by atomic mass is 10.1. The summed E-state index contributed by atoms with van der Waals surface area (Å²) in [5.74, 6) is 1.32. The van der Waals surface area contributed by atoms with Crippen LogP contribution in [0.3, 0.4) is 0 Å². The van der Waals surface area contributed by atoms with Gasteiger partial charge in [-0.15, -0.1) is 0 Å². The molecule has 0 saturated heterocycles. The number of carbonyl (C=O) groups is 1. The molecule has 0 N–H and O–H groups in total. The Morgan fingerprint density at radius 3 is 2.72 bits per heavy atom. The fraction of sp³-hybridized carbons (Fsp3) is 0.286. The van der Waals surface area contributed by atoms with Crippen LogP contribution in [0, 0.1) is 20.8 Å². The van der Waals surface area contributed by atoms with Gasteiger partial charge in [0.1, 0.15) is 18.1 Å². The van der Waals surface area contributed by atoms with Crippen LogP contribution in [0.4, 0.5) is 0 Å². The zero-order valence-electron chi connectivity index (χ0n) is 10.7. The van der Waals surface area contributed by atoms with Gasteiger partial charge in [-0.25, -0.2) is 0 Å². The molecule has 94 valence electrons. The second-order valence-corrected chi connectivity index (χ2v) is 4.25. The van der Waals surface area contributed by atoms with Gasteiger partial charge in [0.25, 0.3) is 0 Å². The minimum atomic E-state index is 0.352. The molecule has 0 atom stereocenters. The van der Waals surface area contributed by atoms with Gasteiger partial charge in [-0.3, -0.25) is 4.79 Å². The average molecular weight is 245 g/mol. The number of hydrogen-bond donors (Lipinski definition) is 0. The Morgan fingerprint density at radius 1 is 1.33 bits per heavy atom. The molecule has 1 aromatic carbocycles. The fourth-order valence-electron chi connectivity index (χ4n) is 1.75. The second kappa shape index (κ2) is 5.04. The predicted molar refractivity (Wildman–Crippen MR) is 66.9 cm³/mol. The van der Waals surface area contributed by atoms with Crippen molar-refractivity contribution >= 4 is 6.29 Å². The van der Waals surface area contributed by atoms with E-state index in [0.717, 1.165) is 28.9 Å². The SMILES string of the molecule is Cc1ccc(OCc2c(C)noc2C)c(C=O)c1. The van der Waals surface area contributed by atoms with Crippen LogP contribution in [-0.2, 0) is 6.61 Å². The first-order valence-electron chi connectivity index (χ1n) is 5.72. The van der Waals surface area contributed by atoms with Crippen LogP contribution in [0.15, 0.2) is 22.7 Å². The molecule has 0 bridgehead atoms. The third kappa shape index (κ3) is 2.42. The van der Waals surface area contributed by atoms with Crippen LogP contribution < -0.4 is 4.74 Å². The molecule has 1 heterocycles. The number of rotatable bonds is 4. The standard InChI is InChI=1S/C14H15NO3/c1-9-4-5-14(12(6-9)7-16)17-8-13-10(2)15-18-11(13)3/h4-7H,8H2,1-3H3. The Hall–Kier alpha value is -2.10. The minimum Gasteiger partial charge on any atom is -0.488 e. The first kappa shape index (κ1) is 12.4. The molecule has 18 heavy (non-hydrogen) atoms. The lowest BCUT2D eigenvalue weighted by molar-refractivity contribution is 0.111. The van der Waals surface area contributed by atoms with Crippen LogP contribution in [0.5, 0.6) is 5.75 Å². The number of nitrogens with zero attached hydrogens (tertiary/aromatic N) is 1. The monoisotopic (exact) mass is 245 g/mol. The van der Waals surface area contributed by atoms with E-state index >= 15 is 0 Å². The number of hydrogen-bond acceptors (Lipinski definition) is 4. The molecule has 2 aromatic rings. The number of aromatic nitrogens is 1. The van der Waals surface area contributed by atoms with Gasteiger partial charge in [-0.2, -0.15) is 0 Å². The number of aryl methyl sites for hydroxylation is 3. The zero-order chi connectivity index (χ0) is 13.1. The largest absolute Gasteiger partial charge is 0.488 e. The summed E-state index contributed by atoms with van der Waals surface area (Å²) >= 11 is 0. The highest BCUT2D eigenvalue weighted by Crippen LogP contribution is 2.21. The van der Waals surface area contributed by atoms with Crippen molar-refractivity contribution in [2.24, 2.45) is 0 Å². The summed E-state index contributed by atoms with van der Waals surface area (Å²) in [5.41, 5.74) is 3.32. The number of carbonyl (C=O) groups excluding carboxylic acids is 1. The van der Waals surface area contributed by atoms with Gasteiger partial charge in [0, 0.05) is 0 Å². The zero-order valence-corrected chi connectivity index (χ0v) is 10.7. The van der Waals surface area contributed by atoms with Crippen LogP contribution in [-0.4, -0.2) is 11.4 Å². The average Bonchev–Trinajstić information content (AvgIpc) is 2.68. The van der Waals surface area contributed by atoms with Crippen molar-refractivity contribution in [2.75, 3.05) is 0 Å². The van der Waals surface area contributed by atoms with E-state index in [9.17, 15) is 4.79 Å². The molecular weight excluding hydrogens is 230 g/mol. The molecule has 0 radical (unpaired) electrons. The Morgan fingerprint density at radius 2 is 2.11 bits per heavy atom. The van der Waals surface area contributed by atoms with Crippen LogP contribution in [0.2, 0.25) is 0 Å². The smallest absolute Gasteiger partial charge is 0.153 e. The molecule has 0 aliphatic rings. The van der Waals surface area contributed by atoms with E-state index in [1.807, 2.05) is 26.8 Å². The van der Waals surface area contributed by atoms with Gasteiger partial charge in [0.2, 0.25) is 0 Å². The van der Waals surface area contributed by atoms with Gasteiger partial charge in [-0.05, 0) is 32.9 Å². The molecule has 4 nitrogen and oxygen atoms in total. The minimum absolute atomic E-state index is 0.352. The second-order valence-electron chi connectivity index (χ2n) is 4.25. The predicted octanol–water partition coefficient (Wildman–Crippen LogP) is 2.99. The highest BCUT2D eigenvalue weighted by atomic mass is 16.5. The summed E-state index contributed by atoms with van der Waals surface area (Å²) < 4.78 is 10.7. The Bertz CT molecular complexity index is 553. The number of aldehydes is 1. The van der Waals surface area contributed by atoms with Gasteiger partial charge < -0.3 is 9.26 Å². The van der Waals surface area contributed by atoms with Crippen molar-refractivity contribution in [3.05, 3.63) is 46.3 Å². The topological polar surface area (TPSA) is 52.3 Å². The maximum atomic E-state index is 11.0. The number of benzene rings is 1. The maximum Gasteiger partial charge on any atom is 0.153 e. The Kier molecular flexibility index (Phi) is 3.46. The molecule has 0 amide bonds. The van der Waals surface area contributed by atoms with Crippen molar-refractivity contribution in [1.82, 2.24) is 5.16 Å². The van der Waals surface area contributed by atoms with E-state index in [1.54, 1.807) is 12.1 Å². The van der Waals surface area contributed by atoms with E-state index in [0.29, 0.717) is 17.9 Å². The molecule has 0 spiro atoms. The molecule has 0 aliphatic carbocycles. The van der Waals surface area contributed by atoms with Crippen molar-refractivity contribution in [3.63, 3.8) is 0 Å². The maximum absolute atomic E-state index is 11.0. The normalized spacial score (nSPS) is 10.4. The van der Waals surface area contributed by atoms with Crippen molar-refractivity contribution in [1.29, 1.82) is 0 Å². The molecule has 0 unspecified atom stereocenters. The number of ether oxygens (including phenoxy) is 1.